The highest BCUT2D eigenvalue weighted by Gasteiger charge is 2.21. The predicted molar refractivity (Wildman–Crippen MR) is 47.3 cm³/mol. The quantitative estimate of drug-likeness (QED) is 0.621. The zero-order chi connectivity index (χ0) is 9.97. The Labute approximate surface area is 81.2 Å². The Hall–Kier alpha value is -1.58. The SMILES string of the molecule is O=C1C=C[C@H](CC[C@H]2C=CC(=O)O2)O1. The minimum absolute atomic E-state index is 0.157. The van der Waals surface area contributed by atoms with Gasteiger partial charge < -0.3 is 9.47 Å². The Morgan fingerprint density at radius 3 is 1.64 bits per heavy atom. The summed E-state index contributed by atoms with van der Waals surface area (Å²) in [6.45, 7) is 0. The first-order chi connectivity index (χ1) is 6.74. The average Bonchev–Trinajstić information content (AvgIpc) is 2.72. The second-order valence-corrected chi connectivity index (χ2v) is 3.25. The van der Waals surface area contributed by atoms with Crippen LogP contribution in [0, 0.1) is 0 Å². The molecule has 0 N–H and O–H groups in total. The van der Waals surface area contributed by atoms with Gasteiger partial charge in [0.05, 0.1) is 0 Å². The summed E-state index contributed by atoms with van der Waals surface area (Å²) in [6, 6.07) is 0. The number of hydrogen-bond donors (Lipinski definition) is 0. The Morgan fingerprint density at radius 1 is 0.929 bits per heavy atom. The molecule has 2 heterocycles. The maximum absolute atomic E-state index is 10.7. The molecule has 0 aromatic rings. The number of carbonyl (C=O) groups excluding carboxylic acids is 2. The zero-order valence-electron chi connectivity index (χ0n) is 7.51. The lowest BCUT2D eigenvalue weighted by Gasteiger charge is -2.11. The molecule has 0 radical (unpaired) electrons. The van der Waals surface area contributed by atoms with Crippen molar-refractivity contribution in [2.24, 2.45) is 0 Å². The molecule has 0 amide bonds. The van der Waals surface area contributed by atoms with E-state index in [1.165, 1.54) is 12.2 Å². The van der Waals surface area contributed by atoms with Crippen LogP contribution in [-0.4, -0.2) is 24.1 Å². The van der Waals surface area contributed by atoms with Crippen molar-refractivity contribution in [1.29, 1.82) is 0 Å². The van der Waals surface area contributed by atoms with E-state index >= 15 is 0 Å². The first-order valence-corrected chi connectivity index (χ1v) is 4.52. The van der Waals surface area contributed by atoms with Crippen LogP contribution < -0.4 is 0 Å². The van der Waals surface area contributed by atoms with Crippen LogP contribution in [-0.2, 0) is 19.1 Å². The second-order valence-electron chi connectivity index (χ2n) is 3.25. The molecular formula is C10H10O4. The van der Waals surface area contributed by atoms with Gasteiger partial charge in [-0.2, -0.15) is 0 Å². The molecule has 0 fully saturated rings. The monoisotopic (exact) mass is 194 g/mol. The van der Waals surface area contributed by atoms with Crippen LogP contribution in [0.25, 0.3) is 0 Å². The summed E-state index contributed by atoms with van der Waals surface area (Å²) in [5, 5.41) is 0. The molecule has 0 aromatic carbocycles. The topological polar surface area (TPSA) is 52.6 Å². The summed E-state index contributed by atoms with van der Waals surface area (Å²) in [4.78, 5) is 21.4. The van der Waals surface area contributed by atoms with Crippen molar-refractivity contribution in [3.05, 3.63) is 24.3 Å². The molecule has 2 aliphatic heterocycles. The molecule has 0 spiro atoms. The number of carbonyl (C=O) groups is 2. The fraction of sp³-hybridized carbons (Fsp3) is 0.400. The highest BCUT2D eigenvalue weighted by Crippen LogP contribution is 2.17. The number of esters is 2. The van der Waals surface area contributed by atoms with Gasteiger partial charge in [0.1, 0.15) is 12.2 Å². The minimum atomic E-state index is -0.297. The largest absolute Gasteiger partial charge is 0.455 e. The van der Waals surface area contributed by atoms with Gasteiger partial charge in [-0.3, -0.25) is 0 Å². The molecule has 2 rings (SSSR count). The van der Waals surface area contributed by atoms with Crippen molar-refractivity contribution < 1.29 is 19.1 Å². The van der Waals surface area contributed by atoms with Crippen LogP contribution in [0.1, 0.15) is 12.8 Å². The number of ether oxygens (including phenoxy) is 2. The molecule has 0 aromatic heterocycles. The van der Waals surface area contributed by atoms with Gasteiger partial charge in [0.15, 0.2) is 0 Å². The van der Waals surface area contributed by atoms with E-state index in [4.69, 9.17) is 9.47 Å². The Morgan fingerprint density at radius 2 is 1.36 bits per heavy atom. The maximum Gasteiger partial charge on any atom is 0.331 e. The third-order valence-corrected chi connectivity index (χ3v) is 2.16. The average molecular weight is 194 g/mol. The van der Waals surface area contributed by atoms with E-state index in [0.717, 1.165) is 0 Å². The van der Waals surface area contributed by atoms with E-state index in [-0.39, 0.29) is 24.1 Å². The van der Waals surface area contributed by atoms with Gasteiger partial charge in [-0.15, -0.1) is 0 Å². The van der Waals surface area contributed by atoms with E-state index in [1.54, 1.807) is 12.2 Å². The highest BCUT2D eigenvalue weighted by molar-refractivity contribution is 5.84. The van der Waals surface area contributed by atoms with Crippen molar-refractivity contribution >= 4 is 11.9 Å². The Bertz CT molecular complexity index is 284. The van der Waals surface area contributed by atoms with Gasteiger partial charge in [-0.1, -0.05) is 0 Å². The van der Waals surface area contributed by atoms with Crippen LogP contribution >= 0.6 is 0 Å². The molecular weight excluding hydrogens is 184 g/mol. The van der Waals surface area contributed by atoms with Gasteiger partial charge in [0, 0.05) is 12.2 Å². The second kappa shape index (κ2) is 3.65. The predicted octanol–water partition coefficient (Wildman–Crippen LogP) is 0.730. The fourth-order valence-corrected chi connectivity index (χ4v) is 1.47. The van der Waals surface area contributed by atoms with E-state index in [0.29, 0.717) is 12.8 Å². The van der Waals surface area contributed by atoms with Gasteiger partial charge in [0.2, 0.25) is 0 Å². The summed E-state index contributed by atoms with van der Waals surface area (Å²) in [6.07, 6.45) is 7.34. The summed E-state index contributed by atoms with van der Waals surface area (Å²) in [5.41, 5.74) is 0. The standard InChI is InChI=1S/C10H10O4/c11-9-5-3-7(13-9)1-2-8-4-6-10(12)14-8/h3-8H,1-2H2/t7-,8-/m0/s1. The molecule has 0 saturated carbocycles. The maximum atomic E-state index is 10.7. The molecule has 2 atom stereocenters. The fourth-order valence-electron chi connectivity index (χ4n) is 1.47. The van der Waals surface area contributed by atoms with Crippen molar-refractivity contribution in [2.75, 3.05) is 0 Å². The molecule has 0 bridgehead atoms. The van der Waals surface area contributed by atoms with E-state index < -0.39 is 0 Å². The lowest BCUT2D eigenvalue weighted by molar-refractivity contribution is -0.141. The lowest BCUT2D eigenvalue weighted by atomic mass is 10.1. The molecule has 0 unspecified atom stereocenters. The molecule has 4 nitrogen and oxygen atoms in total. The summed E-state index contributed by atoms with van der Waals surface area (Å²) in [5.74, 6) is -0.595. The lowest BCUT2D eigenvalue weighted by Crippen LogP contribution is -2.13. The van der Waals surface area contributed by atoms with Crippen molar-refractivity contribution in [1.82, 2.24) is 0 Å². The summed E-state index contributed by atoms with van der Waals surface area (Å²) < 4.78 is 9.87. The van der Waals surface area contributed by atoms with E-state index in [9.17, 15) is 9.59 Å². The molecule has 0 aliphatic carbocycles. The Balaban J connectivity index is 1.73. The van der Waals surface area contributed by atoms with Gasteiger partial charge in [0.25, 0.3) is 0 Å². The number of hydrogen-bond acceptors (Lipinski definition) is 4. The highest BCUT2D eigenvalue weighted by atomic mass is 16.6. The van der Waals surface area contributed by atoms with Crippen LogP contribution in [0.5, 0.6) is 0 Å². The molecule has 4 heteroatoms. The van der Waals surface area contributed by atoms with Crippen LogP contribution in [0.4, 0.5) is 0 Å². The Kier molecular flexibility index (Phi) is 2.35. The zero-order valence-corrected chi connectivity index (χ0v) is 7.51. The van der Waals surface area contributed by atoms with Crippen LogP contribution in [0.2, 0.25) is 0 Å². The number of cyclic esters (lactones) is 2. The summed E-state index contributed by atoms with van der Waals surface area (Å²) >= 11 is 0. The third kappa shape index (κ3) is 2.02. The van der Waals surface area contributed by atoms with E-state index in [2.05, 4.69) is 0 Å². The van der Waals surface area contributed by atoms with Crippen molar-refractivity contribution in [3.8, 4) is 0 Å². The van der Waals surface area contributed by atoms with Crippen LogP contribution in [0.3, 0.4) is 0 Å². The van der Waals surface area contributed by atoms with E-state index in [1.807, 2.05) is 0 Å². The summed E-state index contributed by atoms with van der Waals surface area (Å²) in [7, 11) is 0. The van der Waals surface area contributed by atoms with Gasteiger partial charge in [-0.05, 0) is 25.0 Å². The van der Waals surface area contributed by atoms with Crippen molar-refractivity contribution in [2.45, 2.75) is 25.0 Å². The van der Waals surface area contributed by atoms with Gasteiger partial charge >= 0.3 is 11.9 Å². The normalized spacial score (nSPS) is 29.4. The first-order valence-electron chi connectivity index (χ1n) is 4.52. The first kappa shape index (κ1) is 8.99. The number of rotatable bonds is 3. The van der Waals surface area contributed by atoms with Crippen LogP contribution in [0.15, 0.2) is 24.3 Å². The third-order valence-electron chi connectivity index (χ3n) is 2.16. The molecule has 74 valence electrons. The molecule has 2 aliphatic rings. The van der Waals surface area contributed by atoms with Crippen molar-refractivity contribution in [3.63, 3.8) is 0 Å². The minimum Gasteiger partial charge on any atom is -0.455 e. The molecule has 0 saturated heterocycles. The molecule has 14 heavy (non-hydrogen) atoms. The smallest absolute Gasteiger partial charge is 0.331 e. The van der Waals surface area contributed by atoms with Gasteiger partial charge in [-0.25, -0.2) is 9.59 Å².